The molecule has 9 heteroatoms. The smallest absolute Gasteiger partial charge is 0.217 e. The molecule has 0 aromatic carbocycles. The van der Waals surface area contributed by atoms with Crippen LogP contribution < -0.4 is 16.2 Å². The zero-order valence-electron chi connectivity index (χ0n) is 12.4. The van der Waals surface area contributed by atoms with Crippen molar-refractivity contribution in [1.29, 1.82) is 0 Å². The quantitative estimate of drug-likeness (QED) is 0.419. The molecule has 0 aromatic heterocycles. The molecule has 5 N–H and O–H groups in total. The zero-order chi connectivity index (χ0) is 15.9. The average molecular weight is 319 g/mol. The Morgan fingerprint density at radius 3 is 2.76 bits per heavy atom. The van der Waals surface area contributed by atoms with E-state index in [2.05, 4.69) is 10.3 Å². The number of nitrogens with one attached hydrogen (secondary N) is 1. The lowest BCUT2D eigenvalue weighted by atomic mass is 9.95. The van der Waals surface area contributed by atoms with Crippen molar-refractivity contribution in [1.82, 2.24) is 10.2 Å². The number of nitrogens with two attached hydrogens (primary N) is 2. The maximum absolute atomic E-state index is 11.0. The van der Waals surface area contributed by atoms with E-state index in [1.807, 2.05) is 11.8 Å². The van der Waals surface area contributed by atoms with E-state index in [9.17, 15) is 13.2 Å². The molecule has 0 bridgehead atoms. The van der Waals surface area contributed by atoms with Gasteiger partial charge in [0.1, 0.15) is 0 Å². The number of amides is 1. The fraction of sp³-hybridized carbons (Fsp3) is 0.833. The van der Waals surface area contributed by atoms with E-state index in [4.69, 9.17) is 10.9 Å². The first-order valence-electron chi connectivity index (χ1n) is 7.14. The number of hydrogen-bond acceptors (Lipinski definition) is 4. The number of rotatable bonds is 6. The van der Waals surface area contributed by atoms with E-state index in [0.717, 1.165) is 19.4 Å². The van der Waals surface area contributed by atoms with Crippen LogP contribution in [0.4, 0.5) is 0 Å². The minimum Gasteiger partial charge on any atom is -0.370 e. The van der Waals surface area contributed by atoms with E-state index in [1.165, 1.54) is 0 Å². The molecule has 1 rings (SSSR count). The van der Waals surface area contributed by atoms with E-state index >= 15 is 0 Å². The summed E-state index contributed by atoms with van der Waals surface area (Å²) in [4.78, 5) is 17.4. The van der Waals surface area contributed by atoms with Crippen LogP contribution in [0.25, 0.3) is 0 Å². The maximum Gasteiger partial charge on any atom is 0.217 e. The first-order valence-corrected chi connectivity index (χ1v) is 8.85. The maximum atomic E-state index is 11.0. The topological polar surface area (TPSA) is 131 Å². The van der Waals surface area contributed by atoms with Crippen molar-refractivity contribution in [3.8, 4) is 0 Å². The molecule has 0 aromatic rings. The molecule has 0 saturated carbocycles. The molecule has 21 heavy (non-hydrogen) atoms. The van der Waals surface area contributed by atoms with Crippen LogP contribution in [-0.2, 0) is 14.8 Å². The Morgan fingerprint density at radius 1 is 1.48 bits per heavy atom. The largest absolute Gasteiger partial charge is 0.370 e. The number of likely N-dealkylation sites (tertiary alicyclic amines) is 1. The van der Waals surface area contributed by atoms with Crippen molar-refractivity contribution in [3.63, 3.8) is 0 Å². The van der Waals surface area contributed by atoms with Crippen LogP contribution in [0.5, 0.6) is 0 Å². The molecule has 1 amide bonds. The molecule has 1 aliphatic heterocycles. The van der Waals surface area contributed by atoms with Gasteiger partial charge in [0, 0.05) is 26.1 Å². The average Bonchev–Trinajstić information content (AvgIpc) is 2.36. The summed E-state index contributed by atoms with van der Waals surface area (Å²) in [6.07, 6.45) is 2.29. The van der Waals surface area contributed by atoms with Gasteiger partial charge in [0.15, 0.2) is 5.96 Å². The van der Waals surface area contributed by atoms with E-state index < -0.39 is 10.0 Å². The Balaban J connectivity index is 2.65. The second kappa shape index (κ2) is 8.18. The molecular weight excluding hydrogens is 294 g/mol. The van der Waals surface area contributed by atoms with Gasteiger partial charge in [-0.2, -0.15) is 0 Å². The molecule has 1 saturated heterocycles. The number of nitrogens with zero attached hydrogens (tertiary/aromatic N) is 2. The summed E-state index contributed by atoms with van der Waals surface area (Å²) in [6.45, 7) is 4.28. The van der Waals surface area contributed by atoms with Crippen LogP contribution >= 0.6 is 0 Å². The van der Waals surface area contributed by atoms with Crippen molar-refractivity contribution in [2.24, 2.45) is 21.8 Å². The Kier molecular flexibility index (Phi) is 6.90. The molecule has 8 nitrogen and oxygen atoms in total. The highest BCUT2D eigenvalue weighted by atomic mass is 32.2. The Morgan fingerprint density at radius 2 is 2.19 bits per heavy atom. The summed E-state index contributed by atoms with van der Waals surface area (Å²) in [5, 5.41) is 8.11. The summed E-state index contributed by atoms with van der Waals surface area (Å²) in [7, 11) is -3.51. The summed E-state index contributed by atoms with van der Waals surface area (Å²) < 4.78 is 21.9. The number of hydrogen-bond donors (Lipinski definition) is 3. The Bertz CT molecular complexity index is 477. The van der Waals surface area contributed by atoms with Crippen LogP contribution in [0.3, 0.4) is 0 Å². The zero-order valence-corrected chi connectivity index (χ0v) is 13.2. The molecule has 0 aliphatic carbocycles. The van der Waals surface area contributed by atoms with Gasteiger partial charge in [0.25, 0.3) is 0 Å². The monoisotopic (exact) mass is 319 g/mol. The Labute approximate surface area is 126 Å². The minimum absolute atomic E-state index is 0.123. The van der Waals surface area contributed by atoms with Gasteiger partial charge in [-0.15, -0.1) is 0 Å². The molecule has 1 unspecified atom stereocenters. The lowest BCUT2D eigenvalue weighted by Gasteiger charge is -2.34. The molecular formula is C12H25N5O3S. The van der Waals surface area contributed by atoms with Crippen molar-refractivity contribution in [3.05, 3.63) is 0 Å². The minimum atomic E-state index is -3.51. The number of sulfonamides is 1. The van der Waals surface area contributed by atoms with Crippen LogP contribution in [0.1, 0.15) is 26.2 Å². The van der Waals surface area contributed by atoms with Gasteiger partial charge in [-0.25, -0.2) is 13.6 Å². The van der Waals surface area contributed by atoms with Crippen LogP contribution in [0.2, 0.25) is 0 Å². The summed E-state index contributed by atoms with van der Waals surface area (Å²) in [5.74, 6) is 0.409. The highest BCUT2D eigenvalue weighted by Gasteiger charge is 2.23. The van der Waals surface area contributed by atoms with Gasteiger partial charge in [0.05, 0.1) is 12.3 Å². The fourth-order valence-corrected chi connectivity index (χ4v) is 2.76. The lowest BCUT2D eigenvalue weighted by molar-refractivity contribution is -0.119. The van der Waals surface area contributed by atoms with Crippen LogP contribution in [-0.4, -0.2) is 57.1 Å². The molecule has 0 spiro atoms. The molecule has 0 radical (unpaired) electrons. The SMILES string of the molecule is CCNC(=NCCS(N)(=O)=O)N1CCCC(CC(N)=O)C1. The summed E-state index contributed by atoms with van der Waals surface area (Å²) in [5.41, 5.74) is 5.25. The van der Waals surface area contributed by atoms with Crippen molar-refractivity contribution in [2.75, 3.05) is 31.9 Å². The fourth-order valence-electron chi connectivity index (χ4n) is 2.41. The Hall–Kier alpha value is -1.35. The predicted molar refractivity (Wildman–Crippen MR) is 82.1 cm³/mol. The lowest BCUT2D eigenvalue weighted by Crippen LogP contribution is -2.47. The van der Waals surface area contributed by atoms with Gasteiger partial charge >= 0.3 is 0 Å². The van der Waals surface area contributed by atoms with Gasteiger partial charge in [-0.1, -0.05) is 0 Å². The summed E-state index contributed by atoms with van der Waals surface area (Å²) >= 11 is 0. The van der Waals surface area contributed by atoms with E-state index in [-0.39, 0.29) is 24.1 Å². The number of carbonyl (C=O) groups excluding carboxylic acids is 1. The molecule has 1 heterocycles. The third-order valence-electron chi connectivity index (χ3n) is 3.28. The number of aliphatic imine (C=N–C) groups is 1. The highest BCUT2D eigenvalue weighted by molar-refractivity contribution is 7.89. The van der Waals surface area contributed by atoms with Gasteiger partial charge in [-0.05, 0) is 25.7 Å². The second-order valence-corrected chi connectivity index (χ2v) is 6.96. The second-order valence-electron chi connectivity index (χ2n) is 5.23. The van der Waals surface area contributed by atoms with Crippen LogP contribution in [0.15, 0.2) is 4.99 Å². The van der Waals surface area contributed by atoms with Crippen molar-refractivity contribution in [2.45, 2.75) is 26.2 Å². The number of primary sulfonamides is 1. The molecule has 1 fully saturated rings. The number of primary amides is 1. The van der Waals surface area contributed by atoms with Crippen LogP contribution in [0, 0.1) is 5.92 Å². The van der Waals surface area contributed by atoms with E-state index in [1.54, 1.807) is 0 Å². The molecule has 1 aliphatic rings. The first-order chi connectivity index (χ1) is 9.81. The number of guanidine groups is 1. The predicted octanol–water partition coefficient (Wildman–Crippen LogP) is -1.17. The third-order valence-corrected chi connectivity index (χ3v) is 4.03. The third kappa shape index (κ3) is 7.28. The number of carbonyl (C=O) groups is 1. The first kappa shape index (κ1) is 17.7. The van der Waals surface area contributed by atoms with Crippen molar-refractivity contribution < 1.29 is 13.2 Å². The molecule has 122 valence electrons. The normalized spacial score (nSPS) is 20.4. The number of piperidine rings is 1. The summed E-state index contributed by atoms with van der Waals surface area (Å²) in [6, 6.07) is 0. The standard InChI is InChI=1S/C12H25N5O3S/c1-2-15-12(16-5-7-21(14,19)20)17-6-3-4-10(9-17)8-11(13)18/h10H,2-9H2,1H3,(H2,13,18)(H,15,16)(H2,14,19,20). The van der Waals surface area contributed by atoms with Gasteiger partial charge < -0.3 is 16.0 Å². The van der Waals surface area contributed by atoms with Gasteiger partial charge in [0.2, 0.25) is 15.9 Å². The van der Waals surface area contributed by atoms with Gasteiger partial charge in [-0.3, -0.25) is 9.79 Å². The van der Waals surface area contributed by atoms with Crippen molar-refractivity contribution >= 4 is 21.9 Å². The molecule has 1 atom stereocenters. The van der Waals surface area contributed by atoms with E-state index in [0.29, 0.717) is 25.5 Å². The highest BCUT2D eigenvalue weighted by Crippen LogP contribution is 2.19.